The predicted octanol–water partition coefficient (Wildman–Crippen LogP) is 1.75. The molecule has 0 heterocycles. The van der Waals surface area contributed by atoms with Gasteiger partial charge >= 0.3 is 0 Å². The average Bonchev–Trinajstić information content (AvgIpc) is 2.59. The Bertz CT molecular complexity index is 586. The van der Waals surface area contributed by atoms with Gasteiger partial charge in [0, 0.05) is 11.1 Å². The van der Waals surface area contributed by atoms with Crippen LogP contribution in [0, 0.1) is 0 Å². The van der Waals surface area contributed by atoms with Gasteiger partial charge in [-0.1, -0.05) is 48.5 Å². The number of carbonyl (C=O) groups excluding carboxylic acids is 2. The molecule has 4 heteroatoms. The van der Waals surface area contributed by atoms with Crippen LogP contribution in [0.3, 0.4) is 0 Å². The smallest absolute Gasteiger partial charge is 0.176 e. The number of ketones is 2. The van der Waals surface area contributed by atoms with Gasteiger partial charge in [0.05, 0.1) is 13.1 Å². The molecule has 22 heavy (non-hydrogen) atoms. The third-order valence-corrected chi connectivity index (χ3v) is 3.62. The van der Waals surface area contributed by atoms with Crippen LogP contribution in [0.25, 0.3) is 0 Å². The summed E-state index contributed by atoms with van der Waals surface area (Å²) >= 11 is 0. The minimum atomic E-state index is -0.0493. The molecule has 4 N–H and O–H groups in total. The summed E-state index contributed by atoms with van der Waals surface area (Å²) in [4.78, 5) is 22.9. The second-order valence-electron chi connectivity index (χ2n) is 5.15. The largest absolute Gasteiger partial charge is 0.324 e. The number of hydrogen-bond donors (Lipinski definition) is 2. The molecule has 0 unspecified atom stereocenters. The van der Waals surface area contributed by atoms with Gasteiger partial charge < -0.3 is 11.5 Å². The molecule has 0 aliphatic carbocycles. The van der Waals surface area contributed by atoms with Crippen LogP contribution in [0.1, 0.15) is 31.8 Å². The topological polar surface area (TPSA) is 86.2 Å². The van der Waals surface area contributed by atoms with Crippen molar-refractivity contribution in [2.45, 2.75) is 12.8 Å². The van der Waals surface area contributed by atoms with Gasteiger partial charge in [-0.05, 0) is 24.0 Å². The second kappa shape index (κ2) is 7.64. The first kappa shape index (κ1) is 16.1. The Labute approximate surface area is 130 Å². The molecule has 0 aliphatic rings. The van der Waals surface area contributed by atoms with Crippen LogP contribution < -0.4 is 11.5 Å². The summed E-state index contributed by atoms with van der Waals surface area (Å²) in [5.74, 6) is -0.0987. The van der Waals surface area contributed by atoms with Crippen molar-refractivity contribution in [1.82, 2.24) is 0 Å². The predicted molar refractivity (Wildman–Crippen MR) is 87.1 cm³/mol. The van der Waals surface area contributed by atoms with E-state index in [-0.39, 0.29) is 24.7 Å². The zero-order chi connectivity index (χ0) is 15.9. The molecule has 0 aromatic heterocycles. The van der Waals surface area contributed by atoms with Crippen LogP contribution >= 0.6 is 0 Å². The fourth-order valence-corrected chi connectivity index (χ4v) is 2.24. The highest BCUT2D eigenvalue weighted by molar-refractivity contribution is 5.97. The maximum atomic E-state index is 11.5. The van der Waals surface area contributed by atoms with Gasteiger partial charge in [0.15, 0.2) is 11.6 Å². The van der Waals surface area contributed by atoms with E-state index in [2.05, 4.69) is 0 Å². The molecule has 2 aromatic rings. The second-order valence-corrected chi connectivity index (χ2v) is 5.15. The van der Waals surface area contributed by atoms with Crippen LogP contribution in [-0.2, 0) is 12.8 Å². The van der Waals surface area contributed by atoms with E-state index in [4.69, 9.17) is 11.5 Å². The summed E-state index contributed by atoms with van der Waals surface area (Å²) in [6.07, 6.45) is 1.75. The first-order chi connectivity index (χ1) is 10.6. The average molecular weight is 296 g/mol. The fourth-order valence-electron chi connectivity index (χ4n) is 2.24. The van der Waals surface area contributed by atoms with Gasteiger partial charge in [-0.25, -0.2) is 0 Å². The van der Waals surface area contributed by atoms with E-state index in [0.29, 0.717) is 11.1 Å². The monoisotopic (exact) mass is 296 g/mol. The van der Waals surface area contributed by atoms with Crippen LogP contribution in [0.2, 0.25) is 0 Å². The Balaban J connectivity index is 1.95. The Morgan fingerprint density at radius 1 is 0.636 bits per heavy atom. The first-order valence-electron chi connectivity index (χ1n) is 7.28. The molecule has 0 atom stereocenters. The normalized spacial score (nSPS) is 10.5. The molecule has 0 radical (unpaired) electrons. The molecule has 0 saturated heterocycles. The minimum Gasteiger partial charge on any atom is -0.324 e. The Morgan fingerprint density at radius 2 is 0.955 bits per heavy atom. The number of aryl methyl sites for hydroxylation is 2. The van der Waals surface area contributed by atoms with E-state index in [1.54, 1.807) is 0 Å². The van der Waals surface area contributed by atoms with E-state index in [9.17, 15) is 9.59 Å². The maximum Gasteiger partial charge on any atom is 0.176 e. The van der Waals surface area contributed by atoms with Crippen molar-refractivity contribution < 1.29 is 9.59 Å². The van der Waals surface area contributed by atoms with Crippen LogP contribution in [0.15, 0.2) is 48.5 Å². The third-order valence-electron chi connectivity index (χ3n) is 3.62. The van der Waals surface area contributed by atoms with E-state index >= 15 is 0 Å². The van der Waals surface area contributed by atoms with Gasteiger partial charge in [0.25, 0.3) is 0 Å². The maximum absolute atomic E-state index is 11.5. The van der Waals surface area contributed by atoms with Crippen LogP contribution in [-0.4, -0.2) is 24.7 Å². The molecule has 0 spiro atoms. The summed E-state index contributed by atoms with van der Waals surface area (Å²) in [7, 11) is 0. The lowest BCUT2D eigenvalue weighted by molar-refractivity contribution is 0.0993. The zero-order valence-corrected chi connectivity index (χ0v) is 12.4. The molecule has 2 aromatic carbocycles. The fraction of sp³-hybridized carbons (Fsp3) is 0.222. The van der Waals surface area contributed by atoms with Crippen LogP contribution in [0.5, 0.6) is 0 Å². The lowest BCUT2D eigenvalue weighted by Gasteiger charge is -2.05. The third kappa shape index (κ3) is 4.10. The number of hydrogen-bond acceptors (Lipinski definition) is 4. The quantitative estimate of drug-likeness (QED) is 0.762. The van der Waals surface area contributed by atoms with Gasteiger partial charge in [-0.15, -0.1) is 0 Å². The van der Waals surface area contributed by atoms with E-state index < -0.39 is 0 Å². The molecular formula is C18H20N2O2. The summed E-state index contributed by atoms with van der Waals surface area (Å²) in [6.45, 7) is 0.0699. The molecule has 4 nitrogen and oxygen atoms in total. The lowest BCUT2D eigenvalue weighted by atomic mass is 10.0. The summed E-state index contributed by atoms with van der Waals surface area (Å²) in [6, 6.07) is 15.1. The Morgan fingerprint density at radius 3 is 1.23 bits per heavy atom. The van der Waals surface area contributed by atoms with Gasteiger partial charge in [0.1, 0.15) is 0 Å². The van der Waals surface area contributed by atoms with E-state index in [0.717, 1.165) is 24.0 Å². The number of Topliss-reactive ketones (excluding diaryl/α,β-unsaturated/α-hetero) is 2. The molecule has 2 rings (SSSR count). The molecule has 114 valence electrons. The molecule has 0 bridgehead atoms. The molecule has 0 saturated carbocycles. The Hall–Kier alpha value is -2.30. The van der Waals surface area contributed by atoms with Gasteiger partial charge in [-0.3, -0.25) is 9.59 Å². The van der Waals surface area contributed by atoms with Gasteiger partial charge in [0.2, 0.25) is 0 Å². The van der Waals surface area contributed by atoms with Crippen LogP contribution in [0.4, 0.5) is 0 Å². The number of carbonyl (C=O) groups is 2. The number of benzene rings is 2. The lowest BCUT2D eigenvalue weighted by Crippen LogP contribution is -2.13. The standard InChI is InChI=1S/C18H20N2O2/c19-11-17(21)15-7-3-13(4-8-15)1-2-14-5-9-16(10-6-14)18(22)12-20/h3-10H,1-2,11-12,19-20H2. The van der Waals surface area contributed by atoms with Crippen molar-refractivity contribution in [2.75, 3.05) is 13.1 Å². The highest BCUT2D eigenvalue weighted by Gasteiger charge is 2.04. The molecule has 0 amide bonds. The molecule has 0 fully saturated rings. The summed E-state index contributed by atoms with van der Waals surface area (Å²) < 4.78 is 0. The van der Waals surface area contributed by atoms with Gasteiger partial charge in [-0.2, -0.15) is 0 Å². The highest BCUT2D eigenvalue weighted by Crippen LogP contribution is 2.11. The van der Waals surface area contributed by atoms with Crippen molar-refractivity contribution in [2.24, 2.45) is 11.5 Å². The van der Waals surface area contributed by atoms with Crippen molar-refractivity contribution in [1.29, 1.82) is 0 Å². The number of nitrogens with two attached hydrogens (primary N) is 2. The summed E-state index contributed by atoms with van der Waals surface area (Å²) in [5, 5.41) is 0. The Kier molecular flexibility index (Phi) is 5.58. The molecule has 0 aliphatic heterocycles. The van der Waals surface area contributed by atoms with Crippen molar-refractivity contribution in [3.63, 3.8) is 0 Å². The highest BCUT2D eigenvalue weighted by atomic mass is 16.1. The zero-order valence-electron chi connectivity index (χ0n) is 12.4. The minimum absolute atomic E-state index is 0.0349. The van der Waals surface area contributed by atoms with Crippen molar-refractivity contribution in [3.05, 3.63) is 70.8 Å². The van der Waals surface area contributed by atoms with E-state index in [1.165, 1.54) is 0 Å². The molecular weight excluding hydrogens is 276 g/mol. The number of rotatable bonds is 7. The van der Waals surface area contributed by atoms with Crippen molar-refractivity contribution >= 4 is 11.6 Å². The SMILES string of the molecule is NCC(=O)c1ccc(CCc2ccc(C(=O)CN)cc2)cc1. The first-order valence-corrected chi connectivity index (χ1v) is 7.28. The van der Waals surface area contributed by atoms with E-state index in [1.807, 2.05) is 48.5 Å². The van der Waals surface area contributed by atoms with Crippen molar-refractivity contribution in [3.8, 4) is 0 Å². The summed E-state index contributed by atoms with van der Waals surface area (Å²) in [5.41, 5.74) is 14.3.